The van der Waals surface area contributed by atoms with Crippen molar-refractivity contribution in [1.29, 1.82) is 0 Å². The minimum absolute atomic E-state index is 0.348. The van der Waals surface area contributed by atoms with E-state index in [9.17, 15) is 5.11 Å². The molecule has 0 aliphatic carbocycles. The highest BCUT2D eigenvalue weighted by Gasteiger charge is 1.99. The molecule has 4 heteroatoms. The van der Waals surface area contributed by atoms with Gasteiger partial charge in [0.2, 0.25) is 0 Å². The zero-order valence-electron chi connectivity index (χ0n) is 9.93. The molecular weight excluding hydrogens is 214 g/mol. The van der Waals surface area contributed by atoms with Crippen molar-refractivity contribution >= 4 is 0 Å². The lowest BCUT2D eigenvalue weighted by Gasteiger charge is -2.05. The Morgan fingerprint density at radius 2 is 2.18 bits per heavy atom. The lowest BCUT2D eigenvalue weighted by Crippen LogP contribution is -2.16. The van der Waals surface area contributed by atoms with Crippen LogP contribution in [-0.4, -0.2) is 21.4 Å². The summed E-state index contributed by atoms with van der Waals surface area (Å²) in [6, 6.07) is 7.39. The van der Waals surface area contributed by atoms with Crippen LogP contribution in [-0.2, 0) is 20.0 Å². The molecule has 0 saturated carbocycles. The predicted molar refractivity (Wildman–Crippen MR) is 66.7 cm³/mol. The molecule has 0 atom stereocenters. The predicted octanol–water partition coefficient (Wildman–Crippen LogP) is 1.46. The Morgan fingerprint density at radius 3 is 2.88 bits per heavy atom. The Hall–Kier alpha value is -1.81. The number of hydrogen-bond acceptors (Lipinski definition) is 3. The number of benzene rings is 1. The smallest absolute Gasteiger partial charge is 0.120 e. The van der Waals surface area contributed by atoms with Gasteiger partial charge in [0.15, 0.2) is 0 Å². The van der Waals surface area contributed by atoms with Crippen LogP contribution in [0.4, 0.5) is 0 Å². The number of nitrogens with zero attached hydrogens (tertiary/aromatic N) is 2. The van der Waals surface area contributed by atoms with Crippen molar-refractivity contribution in [3.8, 4) is 5.75 Å². The van der Waals surface area contributed by atoms with Gasteiger partial charge < -0.3 is 10.4 Å². The van der Waals surface area contributed by atoms with Crippen molar-refractivity contribution in [2.75, 3.05) is 6.54 Å². The molecule has 0 saturated heterocycles. The zero-order valence-corrected chi connectivity index (χ0v) is 9.93. The molecule has 0 spiro atoms. The van der Waals surface area contributed by atoms with Gasteiger partial charge in [0, 0.05) is 25.4 Å². The van der Waals surface area contributed by atoms with Crippen LogP contribution >= 0.6 is 0 Å². The molecule has 0 fully saturated rings. The molecule has 0 aliphatic rings. The molecule has 4 nitrogen and oxygen atoms in total. The largest absolute Gasteiger partial charge is 0.508 e. The van der Waals surface area contributed by atoms with Crippen LogP contribution in [0.3, 0.4) is 0 Å². The number of aromatic hydroxyl groups is 1. The van der Waals surface area contributed by atoms with Crippen LogP contribution in [0.2, 0.25) is 0 Å². The van der Waals surface area contributed by atoms with Gasteiger partial charge in [-0.15, -0.1) is 0 Å². The van der Waals surface area contributed by atoms with Gasteiger partial charge in [0.1, 0.15) is 5.75 Å². The first-order valence-corrected chi connectivity index (χ1v) is 5.71. The van der Waals surface area contributed by atoms with E-state index in [0.29, 0.717) is 12.3 Å². The first-order valence-electron chi connectivity index (χ1n) is 5.71. The Bertz CT molecular complexity index is 479. The number of phenolic OH excluding ortho intramolecular Hbond substituents is 1. The molecule has 0 radical (unpaired) electrons. The van der Waals surface area contributed by atoms with E-state index in [2.05, 4.69) is 10.4 Å². The number of nitrogens with one attached hydrogen (secondary N) is 1. The highest BCUT2D eigenvalue weighted by Crippen LogP contribution is 2.14. The lowest BCUT2D eigenvalue weighted by atomic mass is 10.2. The monoisotopic (exact) mass is 231 g/mol. The van der Waals surface area contributed by atoms with Crippen molar-refractivity contribution in [1.82, 2.24) is 15.1 Å². The summed E-state index contributed by atoms with van der Waals surface area (Å²) in [6.07, 6.45) is 4.84. The third kappa shape index (κ3) is 3.32. The molecular formula is C13H17N3O. The maximum absolute atomic E-state index is 9.58. The van der Waals surface area contributed by atoms with Crippen LogP contribution in [0.15, 0.2) is 36.7 Å². The normalized spacial score (nSPS) is 10.6. The summed E-state index contributed by atoms with van der Waals surface area (Å²) in [5.41, 5.74) is 2.15. The van der Waals surface area contributed by atoms with Crippen molar-refractivity contribution in [2.45, 2.75) is 13.0 Å². The maximum atomic E-state index is 9.58. The molecule has 0 unspecified atom stereocenters. The lowest BCUT2D eigenvalue weighted by molar-refractivity contribution is 0.464. The third-order valence-electron chi connectivity index (χ3n) is 2.66. The molecule has 17 heavy (non-hydrogen) atoms. The third-order valence-corrected chi connectivity index (χ3v) is 2.66. The van der Waals surface area contributed by atoms with Gasteiger partial charge in [-0.3, -0.25) is 4.68 Å². The first kappa shape index (κ1) is 11.7. The number of aryl methyl sites for hydroxylation is 1. The quantitative estimate of drug-likeness (QED) is 0.766. The van der Waals surface area contributed by atoms with E-state index in [1.54, 1.807) is 10.7 Å². The van der Waals surface area contributed by atoms with E-state index in [1.807, 2.05) is 37.6 Å². The average molecular weight is 231 g/mol. The van der Waals surface area contributed by atoms with Gasteiger partial charge >= 0.3 is 0 Å². The molecule has 2 rings (SSSR count). The fourth-order valence-electron chi connectivity index (χ4n) is 1.72. The molecule has 0 bridgehead atoms. The van der Waals surface area contributed by atoms with E-state index >= 15 is 0 Å². The fourth-order valence-corrected chi connectivity index (χ4v) is 1.72. The summed E-state index contributed by atoms with van der Waals surface area (Å²) in [5, 5.41) is 17.0. The van der Waals surface area contributed by atoms with Crippen molar-refractivity contribution < 1.29 is 5.11 Å². The van der Waals surface area contributed by atoms with Crippen LogP contribution in [0.1, 0.15) is 11.1 Å². The number of rotatable bonds is 5. The SMILES string of the molecule is Cn1cc(CCNCc2ccccc2O)cn1. The van der Waals surface area contributed by atoms with E-state index in [4.69, 9.17) is 0 Å². The summed E-state index contributed by atoms with van der Waals surface area (Å²) in [5.74, 6) is 0.348. The van der Waals surface area contributed by atoms with Gasteiger partial charge in [-0.05, 0) is 24.6 Å². The van der Waals surface area contributed by atoms with E-state index in [1.165, 1.54) is 5.56 Å². The number of phenols is 1. The summed E-state index contributed by atoms with van der Waals surface area (Å²) in [7, 11) is 1.92. The van der Waals surface area contributed by atoms with Crippen molar-refractivity contribution in [2.24, 2.45) is 7.05 Å². The Labute approximate surface area is 101 Å². The standard InChI is InChI=1S/C13H17N3O/c1-16-10-11(8-15-16)6-7-14-9-12-4-2-3-5-13(12)17/h2-5,8,10,14,17H,6-7,9H2,1H3. The summed E-state index contributed by atoms with van der Waals surface area (Å²) in [6.45, 7) is 1.56. The molecule has 2 aromatic rings. The Balaban J connectivity index is 1.75. The Morgan fingerprint density at radius 1 is 1.35 bits per heavy atom. The highest BCUT2D eigenvalue weighted by molar-refractivity contribution is 5.31. The molecule has 1 aromatic carbocycles. The second-order valence-electron chi connectivity index (χ2n) is 4.08. The molecule has 1 heterocycles. The van der Waals surface area contributed by atoms with E-state index < -0.39 is 0 Å². The molecule has 1 aromatic heterocycles. The van der Waals surface area contributed by atoms with Crippen LogP contribution in [0.25, 0.3) is 0 Å². The van der Waals surface area contributed by atoms with Gasteiger partial charge in [-0.1, -0.05) is 18.2 Å². The summed E-state index contributed by atoms with van der Waals surface area (Å²) < 4.78 is 1.80. The molecule has 0 amide bonds. The minimum Gasteiger partial charge on any atom is -0.508 e. The number of aromatic nitrogens is 2. The topological polar surface area (TPSA) is 50.1 Å². The summed E-state index contributed by atoms with van der Waals surface area (Å²) in [4.78, 5) is 0. The van der Waals surface area contributed by atoms with E-state index in [-0.39, 0.29) is 0 Å². The molecule has 0 aliphatic heterocycles. The van der Waals surface area contributed by atoms with Gasteiger partial charge in [-0.25, -0.2) is 0 Å². The molecule has 2 N–H and O–H groups in total. The zero-order chi connectivity index (χ0) is 12.1. The number of para-hydroxylation sites is 1. The fraction of sp³-hybridized carbons (Fsp3) is 0.308. The molecule has 90 valence electrons. The first-order chi connectivity index (χ1) is 8.25. The Kier molecular flexibility index (Phi) is 3.77. The van der Waals surface area contributed by atoms with Crippen LogP contribution < -0.4 is 5.32 Å². The second kappa shape index (κ2) is 5.50. The van der Waals surface area contributed by atoms with Gasteiger partial charge in [0.05, 0.1) is 6.20 Å². The van der Waals surface area contributed by atoms with E-state index in [0.717, 1.165) is 18.5 Å². The second-order valence-corrected chi connectivity index (χ2v) is 4.08. The highest BCUT2D eigenvalue weighted by atomic mass is 16.3. The number of hydrogen-bond donors (Lipinski definition) is 2. The van der Waals surface area contributed by atoms with Crippen molar-refractivity contribution in [3.63, 3.8) is 0 Å². The van der Waals surface area contributed by atoms with Crippen LogP contribution in [0, 0.1) is 0 Å². The van der Waals surface area contributed by atoms with Crippen molar-refractivity contribution in [3.05, 3.63) is 47.8 Å². The average Bonchev–Trinajstić information content (AvgIpc) is 2.73. The van der Waals surface area contributed by atoms with Crippen LogP contribution in [0.5, 0.6) is 5.75 Å². The van der Waals surface area contributed by atoms with Gasteiger partial charge in [0.25, 0.3) is 0 Å². The van der Waals surface area contributed by atoms with Gasteiger partial charge in [-0.2, -0.15) is 5.10 Å². The summed E-state index contributed by atoms with van der Waals surface area (Å²) >= 11 is 0. The maximum Gasteiger partial charge on any atom is 0.120 e. The minimum atomic E-state index is 0.348.